The van der Waals surface area contributed by atoms with Crippen molar-refractivity contribution in [2.75, 3.05) is 13.1 Å². The lowest BCUT2D eigenvalue weighted by Crippen LogP contribution is -2.22. The maximum atomic E-state index is 6.31. The van der Waals surface area contributed by atoms with Crippen molar-refractivity contribution >= 4 is 11.6 Å². The van der Waals surface area contributed by atoms with Crippen molar-refractivity contribution in [2.24, 2.45) is 7.05 Å². The van der Waals surface area contributed by atoms with Crippen LogP contribution < -0.4 is 5.32 Å². The maximum Gasteiger partial charge on any atom is 0.109 e. The third-order valence-electron chi connectivity index (χ3n) is 2.93. The lowest BCUT2D eigenvalue weighted by molar-refractivity contribution is 0.645. The minimum atomic E-state index is 0.0209. The highest BCUT2D eigenvalue weighted by Crippen LogP contribution is 2.18. The SMILES string of the molecule is Cn1ccnc1CCNCC(Cl)c1ccccc1. The lowest BCUT2D eigenvalue weighted by atomic mass is 10.1. The van der Waals surface area contributed by atoms with Gasteiger partial charge in [0.25, 0.3) is 0 Å². The molecule has 2 rings (SSSR count). The smallest absolute Gasteiger partial charge is 0.109 e. The van der Waals surface area contributed by atoms with Gasteiger partial charge in [0.15, 0.2) is 0 Å². The van der Waals surface area contributed by atoms with Crippen LogP contribution in [0.4, 0.5) is 0 Å². The van der Waals surface area contributed by atoms with Gasteiger partial charge < -0.3 is 9.88 Å². The molecule has 0 aliphatic carbocycles. The first-order valence-corrected chi connectivity index (χ1v) is 6.57. The number of imidazole rings is 1. The van der Waals surface area contributed by atoms with Gasteiger partial charge in [0.1, 0.15) is 5.82 Å². The number of nitrogens with one attached hydrogen (secondary N) is 1. The highest BCUT2D eigenvalue weighted by atomic mass is 35.5. The summed E-state index contributed by atoms with van der Waals surface area (Å²) in [7, 11) is 2.01. The second-order valence-electron chi connectivity index (χ2n) is 4.29. The monoisotopic (exact) mass is 263 g/mol. The van der Waals surface area contributed by atoms with E-state index >= 15 is 0 Å². The fourth-order valence-electron chi connectivity index (χ4n) is 1.85. The van der Waals surface area contributed by atoms with Gasteiger partial charge in [0, 0.05) is 39.0 Å². The highest BCUT2D eigenvalue weighted by Gasteiger charge is 2.06. The second-order valence-corrected chi connectivity index (χ2v) is 4.81. The summed E-state index contributed by atoms with van der Waals surface area (Å²) in [6, 6.07) is 10.1. The number of halogens is 1. The Morgan fingerprint density at radius 2 is 2.11 bits per heavy atom. The zero-order valence-corrected chi connectivity index (χ0v) is 11.3. The Hall–Kier alpha value is -1.32. The average molecular weight is 264 g/mol. The molecule has 1 heterocycles. The van der Waals surface area contributed by atoms with Crippen LogP contribution in [-0.4, -0.2) is 22.6 Å². The molecule has 3 nitrogen and oxygen atoms in total. The average Bonchev–Trinajstić information content (AvgIpc) is 2.81. The Morgan fingerprint density at radius 1 is 1.33 bits per heavy atom. The van der Waals surface area contributed by atoms with Gasteiger partial charge in [0.2, 0.25) is 0 Å². The van der Waals surface area contributed by atoms with E-state index in [9.17, 15) is 0 Å². The van der Waals surface area contributed by atoms with Crippen molar-refractivity contribution in [1.82, 2.24) is 14.9 Å². The largest absolute Gasteiger partial charge is 0.338 e. The molecule has 0 aliphatic heterocycles. The summed E-state index contributed by atoms with van der Waals surface area (Å²) in [6.07, 6.45) is 4.70. The van der Waals surface area contributed by atoms with Crippen molar-refractivity contribution in [3.63, 3.8) is 0 Å². The molecule has 1 aromatic heterocycles. The van der Waals surface area contributed by atoms with Gasteiger partial charge in [-0.1, -0.05) is 30.3 Å². The number of alkyl halides is 1. The van der Waals surface area contributed by atoms with Crippen molar-refractivity contribution in [3.8, 4) is 0 Å². The quantitative estimate of drug-likeness (QED) is 0.641. The van der Waals surface area contributed by atoms with Crippen LogP contribution in [-0.2, 0) is 13.5 Å². The number of hydrogen-bond donors (Lipinski definition) is 1. The Bertz CT molecular complexity index is 467. The first-order chi connectivity index (χ1) is 8.77. The van der Waals surface area contributed by atoms with Crippen molar-refractivity contribution < 1.29 is 0 Å². The molecule has 0 bridgehead atoms. The molecular weight excluding hydrogens is 246 g/mol. The highest BCUT2D eigenvalue weighted by molar-refractivity contribution is 6.21. The van der Waals surface area contributed by atoms with Crippen molar-refractivity contribution in [1.29, 1.82) is 0 Å². The summed E-state index contributed by atoms with van der Waals surface area (Å²) in [6.45, 7) is 1.66. The number of benzene rings is 1. The van der Waals surface area contributed by atoms with Gasteiger partial charge in [-0.05, 0) is 5.56 Å². The molecule has 0 aliphatic rings. The molecule has 96 valence electrons. The van der Waals surface area contributed by atoms with E-state index in [2.05, 4.69) is 22.4 Å². The normalized spacial score (nSPS) is 12.6. The molecule has 0 spiro atoms. The Balaban J connectivity index is 1.71. The summed E-state index contributed by atoms with van der Waals surface area (Å²) in [4.78, 5) is 4.28. The van der Waals surface area contributed by atoms with Crippen LogP contribution in [0.15, 0.2) is 42.7 Å². The zero-order chi connectivity index (χ0) is 12.8. The molecule has 18 heavy (non-hydrogen) atoms. The van der Waals surface area contributed by atoms with Gasteiger partial charge in [0.05, 0.1) is 5.38 Å². The van der Waals surface area contributed by atoms with Crippen LogP contribution in [0.1, 0.15) is 16.8 Å². The van der Waals surface area contributed by atoms with Crippen LogP contribution in [0.25, 0.3) is 0 Å². The van der Waals surface area contributed by atoms with Crippen LogP contribution >= 0.6 is 11.6 Å². The van der Waals surface area contributed by atoms with Crippen LogP contribution in [0.3, 0.4) is 0 Å². The molecule has 1 aromatic carbocycles. The first kappa shape index (κ1) is 13.1. The fraction of sp³-hybridized carbons (Fsp3) is 0.357. The third-order valence-corrected chi connectivity index (χ3v) is 3.34. The van der Waals surface area contributed by atoms with Crippen LogP contribution in [0, 0.1) is 0 Å². The number of aryl methyl sites for hydroxylation is 1. The lowest BCUT2D eigenvalue weighted by Gasteiger charge is -2.11. The molecule has 4 heteroatoms. The van der Waals surface area contributed by atoms with Gasteiger partial charge in [-0.25, -0.2) is 4.98 Å². The van der Waals surface area contributed by atoms with E-state index in [1.165, 1.54) is 0 Å². The number of aromatic nitrogens is 2. The van der Waals surface area contributed by atoms with Gasteiger partial charge in [-0.2, -0.15) is 0 Å². The summed E-state index contributed by atoms with van der Waals surface area (Å²) in [5, 5.41) is 3.38. The predicted octanol–water partition coefficient (Wildman–Crippen LogP) is 2.53. The van der Waals surface area contributed by atoms with E-state index in [0.717, 1.165) is 30.9 Å². The molecule has 2 aromatic rings. The zero-order valence-electron chi connectivity index (χ0n) is 10.5. The number of nitrogens with zero attached hydrogens (tertiary/aromatic N) is 2. The van der Waals surface area contributed by atoms with Gasteiger partial charge >= 0.3 is 0 Å². The topological polar surface area (TPSA) is 29.9 Å². The minimum Gasteiger partial charge on any atom is -0.338 e. The van der Waals surface area contributed by atoms with Gasteiger partial charge in [-0.15, -0.1) is 11.6 Å². The van der Waals surface area contributed by atoms with E-state index in [4.69, 9.17) is 11.6 Å². The molecule has 0 fully saturated rings. The molecule has 0 amide bonds. The molecular formula is C14H18ClN3. The molecule has 0 radical (unpaired) electrons. The Labute approximate surface area is 113 Å². The summed E-state index contributed by atoms with van der Waals surface area (Å²) in [5.41, 5.74) is 1.16. The second kappa shape index (κ2) is 6.57. The number of rotatable bonds is 6. The molecule has 1 atom stereocenters. The molecule has 1 N–H and O–H groups in total. The molecule has 0 saturated heterocycles. The van der Waals surface area contributed by atoms with Crippen molar-refractivity contribution in [3.05, 3.63) is 54.1 Å². The molecule has 0 saturated carbocycles. The minimum absolute atomic E-state index is 0.0209. The van der Waals surface area contributed by atoms with E-state index in [1.54, 1.807) is 0 Å². The van der Waals surface area contributed by atoms with E-state index < -0.39 is 0 Å². The van der Waals surface area contributed by atoms with Crippen LogP contribution in [0.2, 0.25) is 0 Å². The maximum absolute atomic E-state index is 6.31. The van der Waals surface area contributed by atoms with Crippen LogP contribution in [0.5, 0.6) is 0 Å². The fourth-order valence-corrected chi connectivity index (χ4v) is 2.10. The van der Waals surface area contributed by atoms with Gasteiger partial charge in [-0.3, -0.25) is 0 Å². The molecule has 1 unspecified atom stereocenters. The van der Waals surface area contributed by atoms with E-state index in [1.807, 2.05) is 42.2 Å². The summed E-state index contributed by atoms with van der Waals surface area (Å²) in [5.74, 6) is 1.09. The number of hydrogen-bond acceptors (Lipinski definition) is 2. The van der Waals surface area contributed by atoms with Crippen molar-refractivity contribution in [2.45, 2.75) is 11.8 Å². The Morgan fingerprint density at radius 3 is 2.78 bits per heavy atom. The van der Waals surface area contributed by atoms with E-state index in [-0.39, 0.29) is 5.38 Å². The summed E-state index contributed by atoms with van der Waals surface area (Å²) < 4.78 is 2.04. The Kier molecular flexibility index (Phi) is 4.79. The standard InChI is InChI=1S/C14H18ClN3/c1-18-10-9-17-14(18)7-8-16-11-13(15)12-5-3-2-4-6-12/h2-6,9-10,13,16H,7-8,11H2,1H3. The summed E-state index contributed by atoms with van der Waals surface area (Å²) >= 11 is 6.31. The predicted molar refractivity (Wildman–Crippen MR) is 74.8 cm³/mol. The van der Waals surface area contributed by atoms with E-state index in [0.29, 0.717) is 0 Å². The third kappa shape index (κ3) is 3.59. The first-order valence-electron chi connectivity index (χ1n) is 6.13.